The number of aromatic nitrogens is 3. The molecule has 216 valence electrons. The van der Waals surface area contributed by atoms with Crippen LogP contribution in [-0.4, -0.2) is 46.4 Å². The molecule has 2 N–H and O–H groups in total. The van der Waals surface area contributed by atoms with Crippen molar-refractivity contribution in [3.63, 3.8) is 0 Å². The van der Waals surface area contributed by atoms with Crippen LogP contribution >= 0.6 is 0 Å². The monoisotopic (exact) mass is 547 g/mol. The van der Waals surface area contributed by atoms with E-state index in [2.05, 4.69) is 61.0 Å². The number of nitrogens with zero attached hydrogens (tertiary/aromatic N) is 4. The molecule has 2 heterocycles. The molecular weight excluding hydrogens is 502 g/mol. The summed E-state index contributed by atoms with van der Waals surface area (Å²) in [6, 6.07) is 16.9. The third-order valence-electron chi connectivity index (χ3n) is 6.30. The van der Waals surface area contributed by atoms with Gasteiger partial charge in [-0.25, -0.2) is 4.98 Å². The number of nitrogen functional groups attached to an aromatic ring is 1. The number of hydrogen-bond acceptors (Lipinski definition) is 7. The maximum Gasteiger partial charge on any atom is 0.303 e. The van der Waals surface area contributed by atoms with E-state index in [-0.39, 0.29) is 11.6 Å². The van der Waals surface area contributed by atoms with E-state index in [1.165, 1.54) is 24.6 Å². The van der Waals surface area contributed by atoms with Crippen molar-refractivity contribution < 1.29 is 14.3 Å². The van der Waals surface area contributed by atoms with Gasteiger partial charge in [-0.2, -0.15) is 9.61 Å². The third-order valence-corrected chi connectivity index (χ3v) is 6.30. The minimum atomic E-state index is -0.328. The number of benzene rings is 2. The smallest absolute Gasteiger partial charge is 0.303 e. The summed E-state index contributed by atoms with van der Waals surface area (Å²) in [5.41, 5.74) is 11.1. The van der Waals surface area contributed by atoms with Crippen LogP contribution in [0, 0.1) is 5.92 Å². The fourth-order valence-corrected chi connectivity index (χ4v) is 4.57. The zero-order valence-corrected chi connectivity index (χ0v) is 25.3. The Hall–Kier alpha value is -3.81. The Labute approximate surface area is 238 Å². The van der Waals surface area contributed by atoms with Gasteiger partial charge in [0.2, 0.25) is 5.95 Å². The summed E-state index contributed by atoms with van der Waals surface area (Å²) in [4.78, 5) is 17.2. The second-order valence-electron chi connectivity index (χ2n) is 11.5. The van der Waals surface area contributed by atoms with Crippen LogP contribution in [0.15, 0.2) is 48.5 Å². The summed E-state index contributed by atoms with van der Waals surface area (Å²) in [7, 11) is 1.65. The molecule has 0 unspecified atom stereocenters. The van der Waals surface area contributed by atoms with Crippen LogP contribution in [0.25, 0.3) is 16.4 Å². The van der Waals surface area contributed by atoms with Crippen LogP contribution in [-0.2, 0) is 16.0 Å². The zero-order valence-electron chi connectivity index (χ0n) is 25.3. The topological polar surface area (TPSA) is 95.0 Å². The maximum absolute atomic E-state index is 10.2. The lowest BCUT2D eigenvalue weighted by Crippen LogP contribution is -2.26. The van der Waals surface area contributed by atoms with Crippen LogP contribution in [0.2, 0.25) is 0 Å². The van der Waals surface area contributed by atoms with Gasteiger partial charge < -0.3 is 20.1 Å². The number of nitrogens with two attached hydrogens (primary N) is 1. The molecule has 8 heteroatoms. The number of carbonyl (C=O) groups is 1. The summed E-state index contributed by atoms with van der Waals surface area (Å²) in [6.07, 6.45) is 3.10. The lowest BCUT2D eigenvalue weighted by Gasteiger charge is -2.25. The van der Waals surface area contributed by atoms with Crippen LogP contribution < -0.4 is 15.4 Å². The second kappa shape index (κ2) is 13.5. The van der Waals surface area contributed by atoms with Crippen molar-refractivity contribution in [1.29, 1.82) is 0 Å². The fraction of sp³-hybridized carbons (Fsp3) is 0.469. The SMILES string of the molecule is CC(=O)OC(C)(C)C.CCCN(CCC(C)C)c1ccc(Cc2cc3c4cccc(OC)c4nc(N)n3n2)cc1. The molecule has 2 aromatic carbocycles. The summed E-state index contributed by atoms with van der Waals surface area (Å²) in [6.45, 7) is 15.9. The normalized spacial score (nSPS) is 11.4. The van der Waals surface area contributed by atoms with Gasteiger partial charge in [-0.15, -0.1) is 0 Å². The average Bonchev–Trinajstić information content (AvgIpc) is 3.30. The van der Waals surface area contributed by atoms with Crippen molar-refractivity contribution in [1.82, 2.24) is 14.6 Å². The summed E-state index contributed by atoms with van der Waals surface area (Å²) < 4.78 is 12.0. The van der Waals surface area contributed by atoms with Crippen molar-refractivity contribution in [3.05, 3.63) is 59.8 Å². The van der Waals surface area contributed by atoms with Gasteiger partial charge in [-0.1, -0.05) is 45.0 Å². The lowest BCUT2D eigenvalue weighted by molar-refractivity contribution is -0.151. The van der Waals surface area contributed by atoms with Crippen molar-refractivity contribution >= 4 is 34.0 Å². The molecular formula is C32H45N5O3. The molecule has 0 saturated heterocycles. The molecule has 0 aliphatic carbocycles. The van der Waals surface area contributed by atoms with Crippen LogP contribution in [0.4, 0.5) is 11.6 Å². The molecule has 0 saturated carbocycles. The number of hydrogen-bond donors (Lipinski definition) is 1. The zero-order chi connectivity index (χ0) is 29.4. The molecule has 0 amide bonds. The number of carbonyl (C=O) groups excluding carboxylic acids is 1. The molecule has 0 bridgehead atoms. The Kier molecular flexibility index (Phi) is 10.4. The molecule has 0 fully saturated rings. The summed E-state index contributed by atoms with van der Waals surface area (Å²) in [5, 5.41) is 5.71. The number of fused-ring (bicyclic) bond motifs is 3. The van der Waals surface area contributed by atoms with Crippen LogP contribution in [0.3, 0.4) is 0 Å². The Morgan fingerprint density at radius 3 is 2.35 bits per heavy atom. The van der Waals surface area contributed by atoms with Crippen molar-refractivity contribution in [3.8, 4) is 5.75 Å². The van der Waals surface area contributed by atoms with Gasteiger partial charge in [0.05, 0.1) is 18.3 Å². The molecule has 0 spiro atoms. The van der Waals surface area contributed by atoms with Gasteiger partial charge in [-0.3, -0.25) is 4.79 Å². The van der Waals surface area contributed by atoms with Gasteiger partial charge in [0.15, 0.2) is 0 Å². The largest absolute Gasteiger partial charge is 0.494 e. The predicted molar refractivity (Wildman–Crippen MR) is 164 cm³/mol. The molecule has 4 aromatic rings. The highest BCUT2D eigenvalue weighted by molar-refractivity contribution is 5.97. The van der Waals surface area contributed by atoms with E-state index >= 15 is 0 Å². The minimum absolute atomic E-state index is 0.225. The Morgan fingerprint density at radius 1 is 1.10 bits per heavy atom. The Bertz CT molecular complexity index is 1400. The third kappa shape index (κ3) is 8.34. The molecule has 0 radical (unpaired) electrons. The first kappa shape index (κ1) is 30.7. The van der Waals surface area contributed by atoms with E-state index in [1.807, 2.05) is 39.0 Å². The first-order valence-corrected chi connectivity index (χ1v) is 14.1. The first-order valence-electron chi connectivity index (χ1n) is 14.1. The van der Waals surface area contributed by atoms with Gasteiger partial charge in [0.1, 0.15) is 16.9 Å². The van der Waals surface area contributed by atoms with E-state index in [1.54, 1.807) is 11.6 Å². The average molecular weight is 548 g/mol. The van der Waals surface area contributed by atoms with Gasteiger partial charge >= 0.3 is 5.97 Å². The van der Waals surface area contributed by atoms with E-state index in [9.17, 15) is 4.79 Å². The second-order valence-corrected chi connectivity index (χ2v) is 11.5. The van der Waals surface area contributed by atoms with E-state index in [0.717, 1.165) is 48.0 Å². The predicted octanol–water partition coefficient (Wildman–Crippen LogP) is 6.67. The molecule has 40 heavy (non-hydrogen) atoms. The van der Waals surface area contributed by atoms with Crippen LogP contribution in [0.1, 0.15) is 72.6 Å². The summed E-state index contributed by atoms with van der Waals surface area (Å²) in [5.74, 6) is 1.56. The highest BCUT2D eigenvalue weighted by Gasteiger charge is 2.14. The van der Waals surface area contributed by atoms with E-state index in [4.69, 9.17) is 20.3 Å². The van der Waals surface area contributed by atoms with Crippen LogP contribution in [0.5, 0.6) is 5.75 Å². The van der Waals surface area contributed by atoms with Crippen molar-refractivity contribution in [2.75, 3.05) is 30.8 Å². The molecule has 0 aliphatic rings. The number of methoxy groups -OCH3 is 1. The minimum Gasteiger partial charge on any atom is -0.494 e. The Morgan fingerprint density at radius 2 is 1.80 bits per heavy atom. The molecule has 0 atom stereocenters. The molecule has 2 aromatic heterocycles. The number of anilines is 2. The first-order chi connectivity index (χ1) is 18.9. The van der Waals surface area contributed by atoms with Gasteiger partial charge in [0.25, 0.3) is 0 Å². The highest BCUT2D eigenvalue weighted by atomic mass is 16.6. The standard InChI is InChI=1S/C26H33N5O.C6H12O2/c1-5-14-30(15-13-18(2)3)21-11-9-19(10-12-21)16-20-17-23-22-7-6-8-24(32-4)25(22)28-26(27)31(23)29-20;1-5(7)8-6(2,3)4/h6-12,17-18H,5,13-16H2,1-4H3,(H2,27,28);1-4H3. The highest BCUT2D eigenvalue weighted by Crippen LogP contribution is 2.29. The number of rotatable bonds is 9. The Balaban J connectivity index is 0.000000482. The quantitative estimate of drug-likeness (QED) is 0.234. The van der Waals surface area contributed by atoms with E-state index < -0.39 is 0 Å². The number of esters is 1. The number of ether oxygens (including phenoxy) is 2. The van der Waals surface area contributed by atoms with E-state index in [0.29, 0.717) is 17.6 Å². The fourth-order valence-electron chi connectivity index (χ4n) is 4.57. The van der Waals surface area contributed by atoms with Gasteiger partial charge in [0, 0.05) is 37.5 Å². The molecule has 4 rings (SSSR count). The summed E-state index contributed by atoms with van der Waals surface area (Å²) >= 11 is 0. The molecule has 0 aliphatic heterocycles. The van der Waals surface area contributed by atoms with Crippen molar-refractivity contribution in [2.45, 2.75) is 73.3 Å². The maximum atomic E-state index is 10.2. The lowest BCUT2D eigenvalue weighted by atomic mass is 10.1. The van der Waals surface area contributed by atoms with Crippen molar-refractivity contribution in [2.24, 2.45) is 5.92 Å². The number of para-hydroxylation sites is 1. The van der Waals surface area contributed by atoms with Gasteiger partial charge in [-0.05, 0) is 69.4 Å². The molecule has 8 nitrogen and oxygen atoms in total.